The van der Waals surface area contributed by atoms with E-state index in [9.17, 15) is 0 Å². The standard InChI is InChI=1S/CH3.B.2H2O.Zn/h1H3;;2*1H2;/q-1;;;;. The molecule has 0 saturated carbocycles. The summed E-state index contributed by atoms with van der Waals surface area (Å²) in [6, 6.07) is 0. The Kier molecular flexibility index (Phi) is 10400. The third kappa shape index (κ3) is 84.7. The van der Waals surface area contributed by atoms with Crippen LogP contribution in [0.25, 0.3) is 0 Å². The summed E-state index contributed by atoms with van der Waals surface area (Å²) in [5.41, 5.74) is 0. The fourth-order valence-electron chi connectivity index (χ4n) is 0. The topological polar surface area (TPSA) is 63.0 Å². The Morgan fingerprint density at radius 1 is 0.800 bits per heavy atom. The second-order valence-electron chi connectivity index (χ2n) is 0. The normalized spacial score (nSPS) is 0. The van der Waals surface area contributed by atoms with Crippen LogP contribution < -0.4 is 0 Å². The van der Waals surface area contributed by atoms with Crippen LogP contribution in [0.1, 0.15) is 0 Å². The van der Waals surface area contributed by atoms with Crippen LogP contribution in [0, 0.1) is 7.43 Å². The Bertz CT molecular complexity index is 9.61. The molecule has 2 nitrogen and oxygen atoms in total. The quantitative estimate of drug-likeness (QED) is 0.278. The second-order valence-corrected chi connectivity index (χ2v) is 0. The van der Waals surface area contributed by atoms with Crippen molar-refractivity contribution in [1.82, 2.24) is 0 Å². The first kappa shape index (κ1) is 322. The molecule has 4 heteroatoms. The Morgan fingerprint density at radius 2 is 0.800 bits per heavy atom. The van der Waals surface area contributed by atoms with Gasteiger partial charge in [-0.1, -0.05) is 0 Å². The molecule has 29 valence electrons. The van der Waals surface area contributed by atoms with Crippen molar-refractivity contribution in [3.63, 3.8) is 0 Å². The summed E-state index contributed by atoms with van der Waals surface area (Å²) in [5.74, 6) is 0. The minimum absolute atomic E-state index is 0. The Hall–Kier alpha value is 0.608. The van der Waals surface area contributed by atoms with Crippen LogP contribution in [-0.4, -0.2) is 19.4 Å². The van der Waals surface area contributed by atoms with Crippen molar-refractivity contribution in [2.75, 3.05) is 0 Å². The maximum atomic E-state index is 0. The van der Waals surface area contributed by atoms with Crippen LogP contribution in [-0.2, 0) is 19.5 Å². The van der Waals surface area contributed by atoms with Crippen molar-refractivity contribution in [1.29, 1.82) is 0 Å². The van der Waals surface area contributed by atoms with E-state index in [0.717, 1.165) is 0 Å². The van der Waals surface area contributed by atoms with E-state index in [4.69, 9.17) is 0 Å². The molecule has 0 aromatic rings. The molecule has 0 aromatic heterocycles. The summed E-state index contributed by atoms with van der Waals surface area (Å²) in [7, 11) is 0. The molecule has 0 unspecified atom stereocenters. The summed E-state index contributed by atoms with van der Waals surface area (Å²) in [5, 5.41) is 0. The molecule has 0 bridgehead atoms. The summed E-state index contributed by atoms with van der Waals surface area (Å²) in [4.78, 5) is 0. The van der Waals surface area contributed by atoms with Gasteiger partial charge in [0, 0.05) is 27.9 Å². The van der Waals surface area contributed by atoms with Crippen molar-refractivity contribution in [3.8, 4) is 0 Å². The van der Waals surface area contributed by atoms with Gasteiger partial charge in [0.2, 0.25) is 0 Å². The van der Waals surface area contributed by atoms with E-state index in [1.807, 2.05) is 0 Å². The number of hydrogen-bond acceptors (Lipinski definition) is 0. The molecule has 0 aliphatic heterocycles. The van der Waals surface area contributed by atoms with Gasteiger partial charge in [0.05, 0.1) is 0 Å². The molecule has 0 aliphatic carbocycles. The van der Waals surface area contributed by atoms with Gasteiger partial charge in [-0.15, -0.1) is 0 Å². The van der Waals surface area contributed by atoms with Crippen LogP contribution in [0.2, 0.25) is 0 Å². The van der Waals surface area contributed by atoms with Crippen LogP contribution in [0.4, 0.5) is 0 Å². The Balaban J connectivity index is 0. The molecule has 4 N–H and O–H groups in total. The largest absolute Gasteiger partial charge is 0.412 e. The van der Waals surface area contributed by atoms with Crippen LogP contribution in [0.3, 0.4) is 0 Å². The predicted octanol–water partition coefficient (Wildman–Crippen LogP) is -1.58. The smallest absolute Gasteiger partial charge is 0 e. The molecule has 0 rings (SSSR count). The predicted molar refractivity (Wildman–Crippen MR) is 19.4 cm³/mol. The zero-order valence-corrected chi connectivity index (χ0v) is 6.25. The minimum Gasteiger partial charge on any atom is -0.412 e. The first-order valence-electron chi connectivity index (χ1n) is 0. The maximum absolute atomic E-state index is 0. The fraction of sp³-hybridized carbons (Fsp3) is 0. The molecule has 0 saturated heterocycles. The first-order chi connectivity index (χ1) is 0. The van der Waals surface area contributed by atoms with Gasteiger partial charge in [-0.25, -0.2) is 0 Å². The SMILES string of the molecule is O.O.[B].[CH3-].[Zn]. The van der Waals surface area contributed by atoms with Crippen molar-refractivity contribution in [2.24, 2.45) is 0 Å². The summed E-state index contributed by atoms with van der Waals surface area (Å²) >= 11 is 0. The van der Waals surface area contributed by atoms with E-state index in [0.29, 0.717) is 0 Å². The molecular formula is CH7BO2Zn-. The summed E-state index contributed by atoms with van der Waals surface area (Å²) < 4.78 is 0. The third-order valence-corrected chi connectivity index (χ3v) is 0. The Morgan fingerprint density at radius 3 is 0.800 bits per heavy atom. The van der Waals surface area contributed by atoms with E-state index >= 15 is 0 Å². The average Bonchev–Trinajstić information content (AvgIpc) is 0. The summed E-state index contributed by atoms with van der Waals surface area (Å²) in [6.07, 6.45) is 0. The zero-order chi connectivity index (χ0) is 0. The molecule has 0 aromatic carbocycles. The number of rotatable bonds is 0. The molecular weight excluding hydrogens is 120 g/mol. The monoisotopic (exact) mass is 126 g/mol. The molecule has 5 heavy (non-hydrogen) atoms. The van der Waals surface area contributed by atoms with E-state index < -0.39 is 0 Å². The first-order valence-corrected chi connectivity index (χ1v) is 0. The maximum Gasteiger partial charge on any atom is 0 e. The third-order valence-electron chi connectivity index (χ3n) is 0. The van der Waals surface area contributed by atoms with Crippen LogP contribution >= 0.6 is 0 Å². The molecule has 0 spiro atoms. The van der Waals surface area contributed by atoms with Gasteiger partial charge < -0.3 is 18.4 Å². The van der Waals surface area contributed by atoms with Gasteiger partial charge in [0.15, 0.2) is 0 Å². The van der Waals surface area contributed by atoms with E-state index in [-0.39, 0.29) is 46.3 Å². The Labute approximate surface area is 46.9 Å². The van der Waals surface area contributed by atoms with Crippen molar-refractivity contribution in [3.05, 3.63) is 7.43 Å². The van der Waals surface area contributed by atoms with Crippen molar-refractivity contribution < 1.29 is 30.4 Å². The van der Waals surface area contributed by atoms with E-state index in [1.165, 1.54) is 0 Å². The van der Waals surface area contributed by atoms with Gasteiger partial charge in [-0.2, -0.15) is 0 Å². The molecule has 0 aliphatic rings. The van der Waals surface area contributed by atoms with Crippen LogP contribution in [0.15, 0.2) is 0 Å². The van der Waals surface area contributed by atoms with Gasteiger partial charge in [-0.05, 0) is 0 Å². The zero-order valence-electron chi connectivity index (χ0n) is 3.28. The molecule has 3 radical (unpaired) electrons. The summed E-state index contributed by atoms with van der Waals surface area (Å²) in [6.45, 7) is 0. The molecule has 0 fully saturated rings. The molecule has 0 atom stereocenters. The minimum atomic E-state index is 0. The van der Waals surface area contributed by atoms with Gasteiger partial charge in [0.1, 0.15) is 0 Å². The number of hydrogen-bond donors (Lipinski definition) is 0. The fourth-order valence-corrected chi connectivity index (χ4v) is 0. The van der Waals surface area contributed by atoms with Crippen molar-refractivity contribution in [2.45, 2.75) is 0 Å². The molecule has 0 amide bonds. The van der Waals surface area contributed by atoms with E-state index in [1.54, 1.807) is 0 Å². The van der Waals surface area contributed by atoms with E-state index in [2.05, 4.69) is 0 Å². The van der Waals surface area contributed by atoms with Crippen molar-refractivity contribution >= 4 is 8.41 Å². The molecule has 0 heterocycles. The van der Waals surface area contributed by atoms with Crippen LogP contribution in [0.5, 0.6) is 0 Å². The second kappa shape index (κ2) is 162. The van der Waals surface area contributed by atoms with Gasteiger partial charge >= 0.3 is 0 Å². The van der Waals surface area contributed by atoms with Gasteiger partial charge in [0.25, 0.3) is 0 Å². The average molecular weight is 127 g/mol. The van der Waals surface area contributed by atoms with Gasteiger partial charge in [-0.3, -0.25) is 0 Å².